The number of hydrogen-bond acceptors (Lipinski definition) is 2. The number of halogens is 1. The molecule has 4 heteroatoms. The third-order valence-corrected chi connectivity index (χ3v) is 2.62. The molecule has 82 valence electrons. The Labute approximate surface area is 94.6 Å². The Hall–Kier alpha value is -1.22. The highest BCUT2D eigenvalue weighted by Crippen LogP contribution is 2.24. The van der Waals surface area contributed by atoms with Gasteiger partial charge in [0.2, 0.25) is 5.91 Å². The lowest BCUT2D eigenvalue weighted by atomic mass is 10.1. The van der Waals surface area contributed by atoms with E-state index in [2.05, 4.69) is 5.32 Å². The second-order valence-electron chi connectivity index (χ2n) is 3.54. The minimum atomic E-state index is -0.0239. The van der Waals surface area contributed by atoms with Crippen LogP contribution >= 0.6 is 11.6 Å². The number of amides is 1. The van der Waals surface area contributed by atoms with E-state index >= 15 is 0 Å². The summed E-state index contributed by atoms with van der Waals surface area (Å²) in [5.74, 6) is -0.0391. The molecule has 3 nitrogen and oxygen atoms in total. The van der Waals surface area contributed by atoms with Crippen molar-refractivity contribution in [2.24, 2.45) is 5.92 Å². The first kappa shape index (κ1) is 11.9. The summed E-state index contributed by atoms with van der Waals surface area (Å²) in [4.78, 5) is 11.6. The Morgan fingerprint density at radius 3 is 2.80 bits per heavy atom. The number of carbonyl (C=O) groups is 1. The van der Waals surface area contributed by atoms with E-state index in [1.165, 1.54) is 0 Å². The van der Waals surface area contributed by atoms with Gasteiger partial charge in [-0.1, -0.05) is 25.4 Å². The normalized spacial score (nSPS) is 12.2. The first-order chi connectivity index (χ1) is 7.04. The quantitative estimate of drug-likeness (QED) is 0.779. The van der Waals surface area contributed by atoms with Crippen molar-refractivity contribution in [3.05, 3.63) is 23.2 Å². The monoisotopic (exact) mass is 226 g/mol. The Morgan fingerprint density at radius 1 is 1.60 bits per heavy atom. The molecule has 1 amide bonds. The standard InChI is InChI=1S/C11H15ClN2O/c1-3-7(2)11(15)14-10-5-4-8(13)6-9(10)12/h4-7H,3,13H2,1-2H3,(H,14,15)/t7-/m1/s1. The van der Waals surface area contributed by atoms with Gasteiger partial charge < -0.3 is 11.1 Å². The highest BCUT2D eigenvalue weighted by molar-refractivity contribution is 6.34. The molecule has 0 spiro atoms. The number of anilines is 2. The summed E-state index contributed by atoms with van der Waals surface area (Å²) in [6.07, 6.45) is 0.804. The summed E-state index contributed by atoms with van der Waals surface area (Å²) in [5, 5.41) is 3.23. The van der Waals surface area contributed by atoms with E-state index in [1.54, 1.807) is 18.2 Å². The maximum Gasteiger partial charge on any atom is 0.227 e. The first-order valence-corrected chi connectivity index (χ1v) is 5.28. The number of nitrogens with two attached hydrogens (primary N) is 1. The number of nitrogen functional groups attached to an aromatic ring is 1. The number of rotatable bonds is 3. The minimum absolute atomic E-state index is 0.0152. The van der Waals surface area contributed by atoms with E-state index in [-0.39, 0.29) is 11.8 Å². The zero-order valence-electron chi connectivity index (χ0n) is 8.88. The molecule has 1 aromatic rings. The van der Waals surface area contributed by atoms with E-state index in [4.69, 9.17) is 17.3 Å². The number of carbonyl (C=O) groups excluding carboxylic acids is 1. The molecular weight excluding hydrogens is 212 g/mol. The molecule has 0 aromatic heterocycles. The molecule has 0 saturated carbocycles. The maximum absolute atomic E-state index is 11.6. The average Bonchev–Trinajstić information content (AvgIpc) is 2.20. The summed E-state index contributed by atoms with van der Waals surface area (Å²) in [6.45, 7) is 3.84. The number of hydrogen-bond donors (Lipinski definition) is 2. The van der Waals surface area contributed by atoms with Crippen LogP contribution in [0.1, 0.15) is 20.3 Å². The minimum Gasteiger partial charge on any atom is -0.399 e. The highest BCUT2D eigenvalue weighted by atomic mass is 35.5. The smallest absolute Gasteiger partial charge is 0.227 e. The van der Waals surface area contributed by atoms with Crippen LogP contribution in [0.2, 0.25) is 5.02 Å². The van der Waals surface area contributed by atoms with Gasteiger partial charge in [-0.15, -0.1) is 0 Å². The second kappa shape index (κ2) is 5.03. The topological polar surface area (TPSA) is 55.1 Å². The molecule has 0 aliphatic rings. The van der Waals surface area contributed by atoms with Crippen LogP contribution in [0.4, 0.5) is 11.4 Å². The van der Waals surface area contributed by atoms with Crippen LogP contribution in [0.25, 0.3) is 0 Å². The molecule has 15 heavy (non-hydrogen) atoms. The Balaban J connectivity index is 2.77. The lowest BCUT2D eigenvalue weighted by Crippen LogP contribution is -2.19. The summed E-state index contributed by atoms with van der Waals surface area (Å²) in [7, 11) is 0. The van der Waals surface area contributed by atoms with Crippen LogP contribution in [0.3, 0.4) is 0 Å². The molecule has 1 aromatic carbocycles. The fourth-order valence-electron chi connectivity index (χ4n) is 1.07. The van der Waals surface area contributed by atoms with Gasteiger partial charge in [0.15, 0.2) is 0 Å². The molecule has 1 atom stereocenters. The average molecular weight is 227 g/mol. The summed E-state index contributed by atoms with van der Waals surface area (Å²) in [5.41, 5.74) is 6.74. The van der Waals surface area contributed by atoms with Gasteiger partial charge in [-0.3, -0.25) is 4.79 Å². The van der Waals surface area contributed by atoms with Gasteiger partial charge in [0.25, 0.3) is 0 Å². The molecule has 0 radical (unpaired) electrons. The zero-order valence-corrected chi connectivity index (χ0v) is 9.64. The Kier molecular flexibility index (Phi) is 3.97. The van der Waals surface area contributed by atoms with Crippen molar-refractivity contribution in [1.29, 1.82) is 0 Å². The largest absolute Gasteiger partial charge is 0.399 e. The fraction of sp³-hybridized carbons (Fsp3) is 0.364. The lowest BCUT2D eigenvalue weighted by Gasteiger charge is -2.11. The van der Waals surface area contributed by atoms with Crippen molar-refractivity contribution in [3.8, 4) is 0 Å². The predicted molar refractivity (Wildman–Crippen MR) is 63.9 cm³/mol. The third kappa shape index (κ3) is 3.13. The van der Waals surface area contributed by atoms with Gasteiger partial charge in [-0.05, 0) is 24.6 Å². The third-order valence-electron chi connectivity index (χ3n) is 2.31. The molecule has 0 bridgehead atoms. The van der Waals surface area contributed by atoms with Crippen molar-refractivity contribution in [1.82, 2.24) is 0 Å². The van der Waals surface area contributed by atoms with Gasteiger partial charge in [-0.2, -0.15) is 0 Å². The SMILES string of the molecule is CC[C@@H](C)C(=O)Nc1ccc(N)cc1Cl. The van der Waals surface area contributed by atoms with E-state index in [0.717, 1.165) is 6.42 Å². The Morgan fingerprint density at radius 2 is 2.27 bits per heavy atom. The van der Waals surface area contributed by atoms with Gasteiger partial charge in [0.1, 0.15) is 0 Å². The lowest BCUT2D eigenvalue weighted by molar-refractivity contribution is -0.119. The van der Waals surface area contributed by atoms with Gasteiger partial charge in [0.05, 0.1) is 10.7 Å². The molecular formula is C11H15ClN2O. The summed E-state index contributed by atoms with van der Waals surface area (Å²) < 4.78 is 0. The molecule has 0 aliphatic heterocycles. The first-order valence-electron chi connectivity index (χ1n) is 4.90. The van der Waals surface area contributed by atoms with E-state index in [0.29, 0.717) is 16.4 Å². The number of nitrogens with one attached hydrogen (secondary N) is 1. The maximum atomic E-state index is 11.6. The fourth-order valence-corrected chi connectivity index (χ4v) is 1.31. The van der Waals surface area contributed by atoms with Crippen LogP contribution < -0.4 is 11.1 Å². The van der Waals surface area contributed by atoms with E-state index in [1.807, 2.05) is 13.8 Å². The van der Waals surface area contributed by atoms with Crippen molar-refractivity contribution < 1.29 is 4.79 Å². The van der Waals surface area contributed by atoms with Gasteiger partial charge in [-0.25, -0.2) is 0 Å². The van der Waals surface area contributed by atoms with Crippen LogP contribution in [0.5, 0.6) is 0 Å². The molecule has 1 rings (SSSR count). The number of benzene rings is 1. The van der Waals surface area contributed by atoms with E-state index < -0.39 is 0 Å². The van der Waals surface area contributed by atoms with Gasteiger partial charge in [0, 0.05) is 11.6 Å². The van der Waals surface area contributed by atoms with Crippen molar-refractivity contribution in [2.75, 3.05) is 11.1 Å². The summed E-state index contributed by atoms with van der Waals surface area (Å²) >= 11 is 5.93. The van der Waals surface area contributed by atoms with Crippen LogP contribution in [-0.4, -0.2) is 5.91 Å². The van der Waals surface area contributed by atoms with Crippen molar-refractivity contribution in [2.45, 2.75) is 20.3 Å². The zero-order chi connectivity index (χ0) is 11.4. The van der Waals surface area contributed by atoms with E-state index in [9.17, 15) is 4.79 Å². The summed E-state index contributed by atoms with van der Waals surface area (Å²) in [6, 6.07) is 5.03. The van der Waals surface area contributed by atoms with Crippen molar-refractivity contribution >= 4 is 28.9 Å². The van der Waals surface area contributed by atoms with Crippen LogP contribution in [-0.2, 0) is 4.79 Å². The van der Waals surface area contributed by atoms with Crippen LogP contribution in [0, 0.1) is 5.92 Å². The van der Waals surface area contributed by atoms with Gasteiger partial charge >= 0.3 is 0 Å². The molecule has 0 unspecified atom stereocenters. The Bertz CT molecular complexity index is 366. The second-order valence-corrected chi connectivity index (χ2v) is 3.95. The molecule has 0 saturated heterocycles. The highest BCUT2D eigenvalue weighted by Gasteiger charge is 2.11. The van der Waals surface area contributed by atoms with Crippen LogP contribution in [0.15, 0.2) is 18.2 Å². The predicted octanol–water partition coefficient (Wildman–Crippen LogP) is 2.91. The molecule has 0 aliphatic carbocycles. The molecule has 0 heterocycles. The molecule has 3 N–H and O–H groups in total. The van der Waals surface area contributed by atoms with Crippen molar-refractivity contribution in [3.63, 3.8) is 0 Å². The molecule has 0 fully saturated rings.